The fraction of sp³-hybridized carbons (Fsp3) is 0.630. The van der Waals surface area contributed by atoms with Crippen molar-refractivity contribution in [3.63, 3.8) is 0 Å². The molecule has 2 aromatic rings. The topological polar surface area (TPSA) is 199 Å². The lowest BCUT2D eigenvalue weighted by molar-refractivity contribution is -0.277. The van der Waals surface area contributed by atoms with Crippen molar-refractivity contribution >= 4 is 10.8 Å². The van der Waals surface area contributed by atoms with Gasteiger partial charge < -0.3 is 59.8 Å². The van der Waals surface area contributed by atoms with Crippen LogP contribution in [0.4, 0.5) is 0 Å². The van der Waals surface area contributed by atoms with Gasteiger partial charge >= 0.3 is 0 Å². The van der Waals surface area contributed by atoms with E-state index >= 15 is 0 Å². The molecule has 39 heavy (non-hydrogen) atoms. The Morgan fingerprint density at radius 1 is 0.667 bits per heavy atom. The standard InChI is InChI=1S/C27H38O12/c1-10(2)13-6-17(37-27-25(35)23(33)21(31)19(9-29)39-27)12(4)14-7-16(11(3)5-15(13)14)36-26-24(34)22(32)20(30)18(8-28)38-26/h5-7,10,18-35H,8-9H2,1-4H3/t18-,19-,20-,21-,22+,23+,24-,25-,26-,27-/m1/s1. The summed E-state index contributed by atoms with van der Waals surface area (Å²) in [6.45, 7) is 6.40. The van der Waals surface area contributed by atoms with Gasteiger partial charge in [-0.1, -0.05) is 13.8 Å². The Bertz CT molecular complexity index is 1150. The first-order chi connectivity index (χ1) is 18.4. The Hall–Kier alpha value is -2.10. The maximum absolute atomic E-state index is 10.5. The van der Waals surface area contributed by atoms with E-state index < -0.39 is 74.6 Å². The van der Waals surface area contributed by atoms with Gasteiger partial charge in [0.1, 0.15) is 60.3 Å². The van der Waals surface area contributed by atoms with Crippen LogP contribution < -0.4 is 9.47 Å². The zero-order valence-electron chi connectivity index (χ0n) is 22.2. The lowest BCUT2D eigenvalue weighted by Gasteiger charge is -2.40. The Morgan fingerprint density at radius 3 is 1.62 bits per heavy atom. The van der Waals surface area contributed by atoms with Crippen LogP contribution in [0.3, 0.4) is 0 Å². The summed E-state index contributed by atoms with van der Waals surface area (Å²) in [6, 6.07) is 5.42. The quantitative estimate of drug-likeness (QED) is 0.207. The predicted octanol–water partition coefficient (Wildman–Crippen LogP) is -1.06. The molecule has 2 saturated heterocycles. The molecule has 10 atom stereocenters. The van der Waals surface area contributed by atoms with Gasteiger partial charge in [0.15, 0.2) is 0 Å². The number of ether oxygens (including phenoxy) is 4. The Balaban J connectivity index is 1.72. The molecule has 218 valence electrons. The van der Waals surface area contributed by atoms with E-state index in [1.807, 2.05) is 19.9 Å². The molecule has 12 heteroatoms. The highest BCUT2D eigenvalue weighted by Crippen LogP contribution is 2.39. The Kier molecular flexibility index (Phi) is 9.03. The van der Waals surface area contributed by atoms with E-state index in [0.717, 1.165) is 10.9 Å². The number of hydrogen-bond acceptors (Lipinski definition) is 12. The van der Waals surface area contributed by atoms with E-state index in [2.05, 4.69) is 0 Å². The fourth-order valence-corrected chi connectivity index (χ4v) is 5.00. The molecule has 0 aromatic heterocycles. The molecule has 0 spiro atoms. The van der Waals surface area contributed by atoms with Gasteiger partial charge in [-0.05, 0) is 65.4 Å². The molecule has 2 heterocycles. The first-order valence-electron chi connectivity index (χ1n) is 12.9. The zero-order valence-corrected chi connectivity index (χ0v) is 22.2. The van der Waals surface area contributed by atoms with Crippen molar-refractivity contribution in [3.8, 4) is 11.5 Å². The average Bonchev–Trinajstić information content (AvgIpc) is 2.91. The SMILES string of the molecule is Cc1cc2c(C(C)C)cc(O[C@@H]3O[C@H](CO)[C@@H](O)[C@H](O)[C@H]3O)c(C)c2cc1O[C@@H]1O[C@H](CO)[C@@H](O)[C@H](O)[C@H]1O. The number of benzene rings is 2. The van der Waals surface area contributed by atoms with Crippen LogP contribution in [0.2, 0.25) is 0 Å². The van der Waals surface area contributed by atoms with E-state index in [-0.39, 0.29) is 5.92 Å². The Morgan fingerprint density at radius 2 is 1.15 bits per heavy atom. The molecule has 0 aliphatic carbocycles. The van der Waals surface area contributed by atoms with Gasteiger partial charge in [-0.25, -0.2) is 0 Å². The third-order valence-corrected chi connectivity index (χ3v) is 7.49. The van der Waals surface area contributed by atoms with Crippen LogP contribution in [0.25, 0.3) is 10.8 Å². The molecule has 2 aromatic carbocycles. The molecule has 2 aliphatic rings. The lowest BCUT2D eigenvalue weighted by atomic mass is 9.91. The molecular formula is C27H38O12. The molecule has 0 amide bonds. The van der Waals surface area contributed by atoms with Crippen LogP contribution in [-0.4, -0.2) is 115 Å². The van der Waals surface area contributed by atoms with E-state index in [4.69, 9.17) is 18.9 Å². The number of hydrogen-bond donors (Lipinski definition) is 8. The van der Waals surface area contributed by atoms with Crippen LogP contribution in [0.5, 0.6) is 11.5 Å². The highest BCUT2D eigenvalue weighted by atomic mass is 16.7. The smallest absolute Gasteiger partial charge is 0.229 e. The summed E-state index contributed by atoms with van der Waals surface area (Å²) in [6.07, 6.45) is -14.3. The highest BCUT2D eigenvalue weighted by molar-refractivity contribution is 5.93. The zero-order chi connectivity index (χ0) is 28.8. The van der Waals surface area contributed by atoms with Gasteiger partial charge in [-0.15, -0.1) is 0 Å². The molecule has 0 bridgehead atoms. The van der Waals surface area contributed by atoms with Gasteiger partial charge in [0.2, 0.25) is 12.6 Å². The van der Waals surface area contributed by atoms with Crippen LogP contribution in [-0.2, 0) is 9.47 Å². The number of fused-ring (bicyclic) bond motifs is 1. The van der Waals surface area contributed by atoms with Gasteiger partial charge in [0, 0.05) is 0 Å². The Labute approximate surface area is 225 Å². The number of aliphatic hydroxyl groups excluding tert-OH is 8. The summed E-state index contributed by atoms with van der Waals surface area (Å²) in [4.78, 5) is 0. The number of aryl methyl sites for hydroxylation is 2. The minimum Gasteiger partial charge on any atom is -0.462 e. The normalized spacial score (nSPS) is 35.4. The van der Waals surface area contributed by atoms with Crippen LogP contribution in [0, 0.1) is 13.8 Å². The molecule has 8 N–H and O–H groups in total. The fourth-order valence-electron chi connectivity index (χ4n) is 5.00. The van der Waals surface area contributed by atoms with Gasteiger partial charge in [-0.2, -0.15) is 0 Å². The van der Waals surface area contributed by atoms with Gasteiger partial charge in [0.25, 0.3) is 0 Å². The number of rotatable bonds is 7. The molecule has 12 nitrogen and oxygen atoms in total. The molecule has 0 saturated carbocycles. The highest BCUT2D eigenvalue weighted by Gasteiger charge is 2.46. The van der Waals surface area contributed by atoms with E-state index in [0.29, 0.717) is 28.0 Å². The molecule has 4 rings (SSSR count). The summed E-state index contributed by atoms with van der Waals surface area (Å²) in [5.41, 5.74) is 2.23. The molecule has 0 unspecified atom stereocenters. The van der Waals surface area contributed by atoms with Crippen molar-refractivity contribution in [1.29, 1.82) is 0 Å². The summed E-state index contributed by atoms with van der Waals surface area (Å²) < 4.78 is 23.0. The van der Waals surface area contributed by atoms with Crippen LogP contribution in [0.15, 0.2) is 18.2 Å². The molecular weight excluding hydrogens is 516 g/mol. The largest absolute Gasteiger partial charge is 0.462 e. The third kappa shape index (κ3) is 5.59. The second-order valence-corrected chi connectivity index (χ2v) is 10.5. The maximum atomic E-state index is 10.5. The third-order valence-electron chi connectivity index (χ3n) is 7.49. The minimum atomic E-state index is -1.59. The first kappa shape index (κ1) is 29.9. The summed E-state index contributed by atoms with van der Waals surface area (Å²) in [5, 5.41) is 82.0. The van der Waals surface area contributed by atoms with Crippen LogP contribution in [0.1, 0.15) is 36.5 Å². The molecule has 0 radical (unpaired) electrons. The van der Waals surface area contributed by atoms with Crippen LogP contribution >= 0.6 is 0 Å². The first-order valence-corrected chi connectivity index (χ1v) is 12.9. The van der Waals surface area contributed by atoms with Crippen molar-refractivity contribution < 1.29 is 59.8 Å². The monoisotopic (exact) mass is 554 g/mol. The molecule has 2 fully saturated rings. The van der Waals surface area contributed by atoms with Crippen molar-refractivity contribution in [2.45, 2.75) is 95.0 Å². The van der Waals surface area contributed by atoms with Gasteiger partial charge in [-0.3, -0.25) is 0 Å². The van der Waals surface area contributed by atoms with Crippen molar-refractivity contribution in [3.05, 3.63) is 34.9 Å². The van der Waals surface area contributed by atoms with E-state index in [1.54, 1.807) is 26.0 Å². The number of aliphatic hydroxyl groups is 8. The van der Waals surface area contributed by atoms with E-state index in [1.165, 1.54) is 0 Å². The van der Waals surface area contributed by atoms with E-state index in [9.17, 15) is 40.9 Å². The molecule has 2 aliphatic heterocycles. The second-order valence-electron chi connectivity index (χ2n) is 10.5. The summed E-state index contributed by atoms with van der Waals surface area (Å²) in [7, 11) is 0. The average molecular weight is 555 g/mol. The van der Waals surface area contributed by atoms with Crippen molar-refractivity contribution in [2.75, 3.05) is 13.2 Å². The lowest BCUT2D eigenvalue weighted by Crippen LogP contribution is -2.60. The van der Waals surface area contributed by atoms with Gasteiger partial charge in [0.05, 0.1) is 13.2 Å². The minimum absolute atomic E-state index is 0.0434. The van der Waals surface area contributed by atoms with Crippen molar-refractivity contribution in [1.82, 2.24) is 0 Å². The predicted molar refractivity (Wildman–Crippen MR) is 136 cm³/mol. The van der Waals surface area contributed by atoms with Crippen molar-refractivity contribution in [2.24, 2.45) is 0 Å². The summed E-state index contributed by atoms with van der Waals surface area (Å²) in [5.74, 6) is 0.690. The summed E-state index contributed by atoms with van der Waals surface area (Å²) >= 11 is 0. The maximum Gasteiger partial charge on any atom is 0.229 e. The second kappa shape index (κ2) is 11.8.